The van der Waals surface area contributed by atoms with Crippen molar-refractivity contribution in [1.29, 1.82) is 0 Å². The molecule has 0 aromatic heterocycles. The van der Waals surface area contributed by atoms with E-state index in [9.17, 15) is 13.2 Å². The van der Waals surface area contributed by atoms with Crippen molar-refractivity contribution in [3.63, 3.8) is 0 Å². The molecule has 0 radical (unpaired) electrons. The number of carbonyl (C=O) groups excluding carboxylic acids is 1. The van der Waals surface area contributed by atoms with Crippen molar-refractivity contribution in [2.75, 3.05) is 46.4 Å². The topological polar surface area (TPSA) is 79.0 Å². The fourth-order valence-electron chi connectivity index (χ4n) is 5.03. The van der Waals surface area contributed by atoms with Crippen LogP contribution in [0.2, 0.25) is 0 Å². The van der Waals surface area contributed by atoms with E-state index in [4.69, 9.17) is 4.74 Å². The number of nitrogens with zero attached hydrogens (tertiary/aromatic N) is 2. The first-order valence-corrected chi connectivity index (χ1v) is 13.5. The van der Waals surface area contributed by atoms with Gasteiger partial charge in [-0.2, -0.15) is 0 Å². The minimum Gasteiger partial charge on any atom is -0.496 e. The van der Waals surface area contributed by atoms with E-state index in [-0.39, 0.29) is 10.8 Å². The molecule has 2 atom stereocenters. The third-order valence-corrected chi connectivity index (χ3v) is 7.95. The van der Waals surface area contributed by atoms with E-state index in [0.29, 0.717) is 42.8 Å². The summed E-state index contributed by atoms with van der Waals surface area (Å²) in [6.07, 6.45) is 6.21. The van der Waals surface area contributed by atoms with Crippen molar-refractivity contribution in [2.45, 2.75) is 57.3 Å². The summed E-state index contributed by atoms with van der Waals surface area (Å²) in [5.74, 6) is 1.63. The summed E-state index contributed by atoms with van der Waals surface area (Å²) in [6.45, 7) is 9.38. The van der Waals surface area contributed by atoms with Crippen LogP contribution < -0.4 is 9.46 Å². The number of hydrogen-bond donors (Lipinski definition) is 1. The van der Waals surface area contributed by atoms with Gasteiger partial charge < -0.3 is 14.5 Å². The molecule has 7 nitrogen and oxygen atoms in total. The Balaban J connectivity index is 1.63. The molecule has 180 valence electrons. The van der Waals surface area contributed by atoms with Gasteiger partial charge in [-0.15, -0.1) is 0 Å². The highest BCUT2D eigenvalue weighted by molar-refractivity contribution is 7.89. The smallest absolute Gasteiger partial charge is 0.257 e. The highest BCUT2D eigenvalue weighted by Gasteiger charge is 2.25. The molecule has 8 heteroatoms. The van der Waals surface area contributed by atoms with Gasteiger partial charge in [0, 0.05) is 32.7 Å². The molecule has 3 rings (SSSR count). The minimum absolute atomic E-state index is 0.108. The van der Waals surface area contributed by atoms with Gasteiger partial charge in [0.2, 0.25) is 10.0 Å². The molecule has 1 aromatic rings. The lowest BCUT2D eigenvalue weighted by Gasteiger charge is -2.34. The van der Waals surface area contributed by atoms with Crippen LogP contribution in [0, 0.1) is 11.8 Å². The first-order valence-electron chi connectivity index (χ1n) is 12.0. The van der Waals surface area contributed by atoms with E-state index in [2.05, 4.69) is 23.5 Å². The van der Waals surface area contributed by atoms with Crippen molar-refractivity contribution >= 4 is 15.9 Å². The molecule has 0 bridgehead atoms. The van der Waals surface area contributed by atoms with Crippen molar-refractivity contribution in [3.05, 3.63) is 23.8 Å². The number of piperidine rings is 1. The molecular weight excluding hydrogens is 426 g/mol. The number of sulfonamides is 1. The average molecular weight is 466 g/mol. The number of likely N-dealkylation sites (tertiary alicyclic amines) is 2. The zero-order valence-electron chi connectivity index (χ0n) is 19.8. The van der Waals surface area contributed by atoms with E-state index in [1.54, 1.807) is 6.07 Å². The summed E-state index contributed by atoms with van der Waals surface area (Å²) >= 11 is 0. The van der Waals surface area contributed by atoms with E-state index >= 15 is 0 Å². The Morgan fingerprint density at radius 2 is 1.75 bits per heavy atom. The molecule has 1 N–H and O–H groups in total. The molecule has 2 saturated heterocycles. The normalized spacial score (nSPS) is 23.0. The number of nitrogens with one attached hydrogen (secondary N) is 1. The predicted molar refractivity (Wildman–Crippen MR) is 127 cm³/mol. The Bertz CT molecular complexity index is 856. The lowest BCUT2D eigenvalue weighted by Crippen LogP contribution is -2.40. The van der Waals surface area contributed by atoms with Crippen LogP contribution in [0.1, 0.15) is 62.7 Å². The number of ether oxygens (including phenoxy) is 1. The van der Waals surface area contributed by atoms with Crippen LogP contribution in [0.3, 0.4) is 0 Å². The van der Waals surface area contributed by atoms with Crippen molar-refractivity contribution in [1.82, 2.24) is 14.5 Å². The summed E-state index contributed by atoms with van der Waals surface area (Å²) < 4.78 is 33.9. The Morgan fingerprint density at radius 3 is 2.38 bits per heavy atom. The number of benzene rings is 1. The van der Waals surface area contributed by atoms with Gasteiger partial charge in [-0.05, 0) is 62.3 Å². The third kappa shape index (κ3) is 6.68. The quantitative estimate of drug-likeness (QED) is 0.596. The lowest BCUT2D eigenvalue weighted by molar-refractivity contribution is 0.0758. The van der Waals surface area contributed by atoms with Crippen molar-refractivity contribution in [3.8, 4) is 5.75 Å². The number of carbonyl (C=O) groups is 1. The van der Waals surface area contributed by atoms with E-state index < -0.39 is 10.0 Å². The zero-order chi connectivity index (χ0) is 23.1. The fraction of sp³-hybridized carbons (Fsp3) is 0.708. The first kappa shape index (κ1) is 25.0. The number of hydrogen-bond acceptors (Lipinski definition) is 5. The molecular formula is C24H39N3O4S. The molecule has 2 aliphatic rings. The van der Waals surface area contributed by atoms with E-state index in [0.717, 1.165) is 51.7 Å². The Hall–Kier alpha value is -1.64. The van der Waals surface area contributed by atoms with Crippen molar-refractivity contribution < 1.29 is 17.9 Å². The predicted octanol–water partition coefficient (Wildman–Crippen LogP) is 3.36. The van der Waals surface area contributed by atoms with Gasteiger partial charge in [0.15, 0.2) is 0 Å². The molecule has 0 saturated carbocycles. The van der Waals surface area contributed by atoms with Crippen LogP contribution in [0.4, 0.5) is 0 Å². The summed E-state index contributed by atoms with van der Waals surface area (Å²) in [5.41, 5.74) is 0.313. The Labute approximate surface area is 193 Å². The van der Waals surface area contributed by atoms with Gasteiger partial charge in [0.1, 0.15) is 5.75 Å². The Morgan fingerprint density at radius 1 is 1.09 bits per heavy atom. The van der Waals surface area contributed by atoms with Gasteiger partial charge in [0.25, 0.3) is 5.91 Å². The largest absolute Gasteiger partial charge is 0.496 e. The number of methoxy groups -OCH3 is 1. The second-order valence-corrected chi connectivity index (χ2v) is 11.3. The van der Waals surface area contributed by atoms with Gasteiger partial charge in [0.05, 0.1) is 17.6 Å². The lowest BCUT2D eigenvalue weighted by atomic mass is 9.92. The van der Waals surface area contributed by atoms with Crippen LogP contribution >= 0.6 is 0 Å². The standard InChI is InChI=1S/C24H39N3O4S/c1-19-15-20(2)18-26(17-19)12-8-11-25-32(29,30)21-9-10-23(31-3)22(16-21)24(28)27-13-6-4-5-7-14-27/h9-10,16,19-20,25H,4-8,11-15,17-18H2,1-3H3. The van der Waals surface area contributed by atoms with Crippen LogP contribution in [-0.2, 0) is 10.0 Å². The van der Waals surface area contributed by atoms with Crippen molar-refractivity contribution in [2.24, 2.45) is 11.8 Å². The molecule has 32 heavy (non-hydrogen) atoms. The highest BCUT2D eigenvalue weighted by Crippen LogP contribution is 2.25. The first-order chi connectivity index (χ1) is 15.3. The fourth-order valence-corrected chi connectivity index (χ4v) is 6.13. The van der Waals surface area contributed by atoms with Crippen LogP contribution in [0.15, 0.2) is 23.1 Å². The van der Waals surface area contributed by atoms with Gasteiger partial charge in [-0.25, -0.2) is 13.1 Å². The average Bonchev–Trinajstić information content (AvgIpc) is 3.05. The second kappa shape index (κ2) is 11.5. The second-order valence-electron chi connectivity index (χ2n) is 9.53. The van der Waals surface area contributed by atoms with Gasteiger partial charge in [-0.3, -0.25) is 4.79 Å². The SMILES string of the molecule is COc1ccc(S(=O)(=O)NCCCN2CC(C)CC(C)C2)cc1C(=O)N1CCCCCC1. The summed E-state index contributed by atoms with van der Waals surface area (Å²) in [7, 11) is -2.20. The maximum Gasteiger partial charge on any atom is 0.257 e. The molecule has 2 aliphatic heterocycles. The maximum absolute atomic E-state index is 13.1. The number of amides is 1. The monoisotopic (exact) mass is 465 g/mol. The summed E-state index contributed by atoms with van der Waals surface area (Å²) in [4.78, 5) is 17.5. The van der Waals surface area contributed by atoms with Crippen LogP contribution in [0.5, 0.6) is 5.75 Å². The molecule has 0 aliphatic carbocycles. The van der Waals surface area contributed by atoms with Gasteiger partial charge >= 0.3 is 0 Å². The molecule has 2 heterocycles. The molecule has 0 spiro atoms. The van der Waals surface area contributed by atoms with Crippen LogP contribution in [0.25, 0.3) is 0 Å². The molecule has 2 unspecified atom stereocenters. The minimum atomic E-state index is -3.70. The summed E-state index contributed by atoms with van der Waals surface area (Å²) in [6, 6.07) is 4.55. The molecule has 2 fully saturated rings. The highest BCUT2D eigenvalue weighted by atomic mass is 32.2. The van der Waals surface area contributed by atoms with Crippen LogP contribution in [-0.4, -0.2) is 70.5 Å². The number of rotatable bonds is 8. The van der Waals surface area contributed by atoms with E-state index in [1.807, 2.05) is 4.90 Å². The maximum atomic E-state index is 13.1. The molecule has 1 amide bonds. The zero-order valence-corrected chi connectivity index (χ0v) is 20.6. The third-order valence-electron chi connectivity index (χ3n) is 6.49. The van der Waals surface area contributed by atoms with E-state index in [1.165, 1.54) is 25.7 Å². The summed E-state index contributed by atoms with van der Waals surface area (Å²) in [5, 5.41) is 0. The van der Waals surface area contributed by atoms with Gasteiger partial charge in [-0.1, -0.05) is 26.7 Å². The Kier molecular flexibility index (Phi) is 8.96. The molecule has 1 aromatic carbocycles.